The van der Waals surface area contributed by atoms with E-state index >= 15 is 0 Å². The maximum Gasteiger partial charge on any atom is 0.123 e. The molecule has 3 nitrogen and oxygen atoms in total. The van der Waals surface area contributed by atoms with Gasteiger partial charge in [0.15, 0.2) is 0 Å². The van der Waals surface area contributed by atoms with Crippen LogP contribution in [0.1, 0.15) is 39.0 Å². The van der Waals surface area contributed by atoms with E-state index in [1.807, 2.05) is 11.9 Å². The number of aldehydes is 1. The summed E-state index contributed by atoms with van der Waals surface area (Å²) in [5, 5.41) is 9.37. The quantitative estimate of drug-likeness (QED) is 0.355. The summed E-state index contributed by atoms with van der Waals surface area (Å²) in [6.07, 6.45) is 5.14. The zero-order valence-electron chi connectivity index (χ0n) is 8.70. The molecule has 1 atom stereocenters. The van der Waals surface area contributed by atoms with E-state index < -0.39 is 6.23 Å². The molecule has 13 heavy (non-hydrogen) atoms. The lowest BCUT2D eigenvalue weighted by Crippen LogP contribution is -2.32. The fraction of sp³-hybridized carbons (Fsp3) is 0.900. The summed E-state index contributed by atoms with van der Waals surface area (Å²) in [6.45, 7) is 3.04. The normalized spacial score (nSPS) is 13.2. The number of carbonyl (C=O) groups excluding carboxylic acids is 1. The molecule has 0 aromatic rings. The van der Waals surface area contributed by atoms with Gasteiger partial charge < -0.3 is 9.90 Å². The first-order valence-electron chi connectivity index (χ1n) is 5.04. The van der Waals surface area contributed by atoms with Crippen molar-refractivity contribution >= 4 is 6.29 Å². The number of hydrogen-bond acceptors (Lipinski definition) is 3. The lowest BCUT2D eigenvalue weighted by atomic mass is 10.2. The number of unbranched alkanes of at least 4 members (excludes halogenated alkanes) is 3. The first-order valence-corrected chi connectivity index (χ1v) is 5.04. The van der Waals surface area contributed by atoms with Crippen LogP contribution < -0.4 is 0 Å². The standard InChI is InChI=1S/C10H21NO2/c1-3-4-5-6-8-11(2)10(13)7-9-12/h9-10,13H,3-8H2,1-2H3. The van der Waals surface area contributed by atoms with E-state index in [2.05, 4.69) is 6.92 Å². The molecule has 0 amide bonds. The molecule has 78 valence electrons. The van der Waals surface area contributed by atoms with E-state index in [1.54, 1.807) is 0 Å². The predicted octanol–water partition coefficient (Wildman–Crippen LogP) is 1.41. The topological polar surface area (TPSA) is 40.5 Å². The van der Waals surface area contributed by atoms with Crippen LogP contribution in [0.25, 0.3) is 0 Å². The summed E-state index contributed by atoms with van der Waals surface area (Å²) in [6, 6.07) is 0. The molecule has 0 aliphatic carbocycles. The van der Waals surface area contributed by atoms with Crippen LogP contribution in [0.5, 0.6) is 0 Å². The molecule has 0 aromatic heterocycles. The maximum atomic E-state index is 10.1. The second-order valence-corrected chi connectivity index (χ2v) is 3.42. The smallest absolute Gasteiger partial charge is 0.123 e. The van der Waals surface area contributed by atoms with Gasteiger partial charge in [0.25, 0.3) is 0 Å². The number of aliphatic hydroxyl groups excluding tert-OH is 1. The third-order valence-corrected chi connectivity index (χ3v) is 2.18. The number of rotatable bonds is 8. The Bertz CT molecular complexity index is 128. The van der Waals surface area contributed by atoms with Crippen molar-refractivity contribution in [1.29, 1.82) is 0 Å². The molecule has 0 aliphatic rings. The van der Waals surface area contributed by atoms with Gasteiger partial charge >= 0.3 is 0 Å². The highest BCUT2D eigenvalue weighted by molar-refractivity contribution is 5.49. The average Bonchev–Trinajstić information content (AvgIpc) is 2.12. The second-order valence-electron chi connectivity index (χ2n) is 3.42. The van der Waals surface area contributed by atoms with Crippen LogP contribution in [0.2, 0.25) is 0 Å². The van der Waals surface area contributed by atoms with Gasteiger partial charge in [-0.3, -0.25) is 4.90 Å². The van der Waals surface area contributed by atoms with Crippen molar-refractivity contribution in [2.75, 3.05) is 13.6 Å². The van der Waals surface area contributed by atoms with Crippen molar-refractivity contribution in [2.24, 2.45) is 0 Å². The number of nitrogens with zero attached hydrogens (tertiary/aromatic N) is 1. The average molecular weight is 187 g/mol. The highest BCUT2D eigenvalue weighted by Gasteiger charge is 2.08. The molecule has 0 rings (SSSR count). The van der Waals surface area contributed by atoms with E-state index in [0.717, 1.165) is 19.3 Å². The molecule has 1 unspecified atom stereocenters. The monoisotopic (exact) mass is 187 g/mol. The maximum absolute atomic E-state index is 10.1. The van der Waals surface area contributed by atoms with Crippen molar-refractivity contribution in [3.05, 3.63) is 0 Å². The Morgan fingerprint density at radius 2 is 2.08 bits per heavy atom. The highest BCUT2D eigenvalue weighted by atomic mass is 16.3. The minimum absolute atomic E-state index is 0.213. The van der Waals surface area contributed by atoms with E-state index in [4.69, 9.17) is 0 Å². The Morgan fingerprint density at radius 1 is 1.38 bits per heavy atom. The van der Waals surface area contributed by atoms with Gasteiger partial charge in [0, 0.05) is 13.0 Å². The molecular weight excluding hydrogens is 166 g/mol. The molecule has 3 heteroatoms. The molecule has 0 aliphatic heterocycles. The van der Waals surface area contributed by atoms with Crippen LogP contribution in [0, 0.1) is 0 Å². The lowest BCUT2D eigenvalue weighted by molar-refractivity contribution is -0.112. The summed E-state index contributed by atoms with van der Waals surface area (Å²) in [7, 11) is 1.85. The third kappa shape index (κ3) is 6.72. The molecule has 0 fully saturated rings. The van der Waals surface area contributed by atoms with Crippen molar-refractivity contribution < 1.29 is 9.90 Å². The van der Waals surface area contributed by atoms with Crippen LogP contribution in [0.15, 0.2) is 0 Å². The first kappa shape index (κ1) is 12.6. The molecule has 0 spiro atoms. The van der Waals surface area contributed by atoms with Crippen LogP contribution >= 0.6 is 0 Å². The van der Waals surface area contributed by atoms with Crippen molar-refractivity contribution in [2.45, 2.75) is 45.3 Å². The van der Waals surface area contributed by atoms with Gasteiger partial charge in [0.1, 0.15) is 12.5 Å². The van der Waals surface area contributed by atoms with Gasteiger partial charge in [0.05, 0.1) is 0 Å². The minimum atomic E-state index is -0.598. The second kappa shape index (κ2) is 8.20. The predicted molar refractivity (Wildman–Crippen MR) is 53.5 cm³/mol. The Kier molecular flexibility index (Phi) is 7.94. The molecule has 0 bridgehead atoms. The Morgan fingerprint density at radius 3 is 2.62 bits per heavy atom. The van der Waals surface area contributed by atoms with Gasteiger partial charge in [-0.1, -0.05) is 26.2 Å². The van der Waals surface area contributed by atoms with Gasteiger partial charge in [-0.05, 0) is 13.5 Å². The van der Waals surface area contributed by atoms with Crippen molar-refractivity contribution in [3.8, 4) is 0 Å². The number of aliphatic hydroxyl groups is 1. The molecule has 0 saturated carbocycles. The van der Waals surface area contributed by atoms with Crippen LogP contribution in [0.4, 0.5) is 0 Å². The largest absolute Gasteiger partial charge is 0.378 e. The molecule has 0 radical (unpaired) electrons. The summed E-state index contributed by atoms with van der Waals surface area (Å²) in [4.78, 5) is 11.9. The Balaban J connectivity index is 3.37. The van der Waals surface area contributed by atoms with Gasteiger partial charge in [-0.15, -0.1) is 0 Å². The fourth-order valence-corrected chi connectivity index (χ4v) is 1.20. The van der Waals surface area contributed by atoms with Gasteiger partial charge in [-0.2, -0.15) is 0 Å². The Labute approximate surface area is 80.7 Å². The fourth-order valence-electron chi connectivity index (χ4n) is 1.20. The minimum Gasteiger partial charge on any atom is -0.378 e. The van der Waals surface area contributed by atoms with Gasteiger partial charge in [-0.25, -0.2) is 0 Å². The highest BCUT2D eigenvalue weighted by Crippen LogP contribution is 2.02. The van der Waals surface area contributed by atoms with Gasteiger partial charge in [0.2, 0.25) is 0 Å². The van der Waals surface area contributed by atoms with Crippen molar-refractivity contribution in [1.82, 2.24) is 4.90 Å². The molecule has 0 saturated heterocycles. The van der Waals surface area contributed by atoms with Crippen LogP contribution in [-0.4, -0.2) is 36.1 Å². The SMILES string of the molecule is CCCCCCN(C)C(O)CC=O. The van der Waals surface area contributed by atoms with Crippen LogP contribution in [0.3, 0.4) is 0 Å². The zero-order chi connectivity index (χ0) is 10.1. The van der Waals surface area contributed by atoms with E-state index in [9.17, 15) is 9.90 Å². The number of carbonyl (C=O) groups is 1. The van der Waals surface area contributed by atoms with E-state index in [1.165, 1.54) is 19.3 Å². The number of hydrogen-bond donors (Lipinski definition) is 1. The molecule has 0 heterocycles. The first-order chi connectivity index (χ1) is 6.22. The summed E-state index contributed by atoms with van der Waals surface area (Å²) >= 11 is 0. The van der Waals surface area contributed by atoms with E-state index in [-0.39, 0.29) is 6.42 Å². The molecule has 0 aromatic carbocycles. The lowest BCUT2D eigenvalue weighted by Gasteiger charge is -2.21. The van der Waals surface area contributed by atoms with Crippen molar-refractivity contribution in [3.63, 3.8) is 0 Å². The molecule has 1 N–H and O–H groups in total. The van der Waals surface area contributed by atoms with E-state index in [0.29, 0.717) is 0 Å². The Hall–Kier alpha value is -0.410. The summed E-state index contributed by atoms with van der Waals surface area (Å²) in [5.74, 6) is 0. The van der Waals surface area contributed by atoms with Crippen LogP contribution in [-0.2, 0) is 4.79 Å². The third-order valence-electron chi connectivity index (χ3n) is 2.18. The summed E-state index contributed by atoms with van der Waals surface area (Å²) < 4.78 is 0. The molecular formula is C10H21NO2. The zero-order valence-corrected chi connectivity index (χ0v) is 8.70. The summed E-state index contributed by atoms with van der Waals surface area (Å²) in [5.41, 5.74) is 0.